The minimum Gasteiger partial charge on any atom is -0.494 e. The number of alkyl halides is 2. The van der Waals surface area contributed by atoms with Gasteiger partial charge in [-0.25, -0.2) is 0 Å². The van der Waals surface area contributed by atoms with Gasteiger partial charge in [-0.05, 0) is 46.9 Å². The van der Waals surface area contributed by atoms with E-state index in [0.717, 1.165) is 41.0 Å². The molecule has 0 atom stereocenters. The Morgan fingerprint density at radius 2 is 1.52 bits per heavy atom. The fourth-order valence-corrected chi connectivity index (χ4v) is 3.67. The topological polar surface area (TPSA) is 9.23 Å². The van der Waals surface area contributed by atoms with Crippen LogP contribution in [0.25, 0.3) is 11.1 Å². The standard InChI is InChI=1S/C24H32Cl2O/c1-2-3-4-5-6-7-8-9-15-27-23-12-10-11-21(17-23)24-16-20(18-25)13-14-22(24)19-26/h10-14,16-17H,2-9,15,18-19H2,1H3. The van der Waals surface area contributed by atoms with Crippen molar-refractivity contribution in [2.24, 2.45) is 0 Å². The van der Waals surface area contributed by atoms with Gasteiger partial charge in [0.25, 0.3) is 0 Å². The van der Waals surface area contributed by atoms with Crippen LogP contribution in [0, 0.1) is 0 Å². The Morgan fingerprint density at radius 3 is 2.22 bits per heavy atom. The maximum absolute atomic E-state index is 6.13. The van der Waals surface area contributed by atoms with Crippen LogP contribution >= 0.6 is 23.2 Å². The third-order valence-corrected chi connectivity index (χ3v) is 5.48. The monoisotopic (exact) mass is 406 g/mol. The summed E-state index contributed by atoms with van der Waals surface area (Å²) in [6.07, 6.45) is 10.5. The zero-order valence-corrected chi connectivity index (χ0v) is 18.0. The van der Waals surface area contributed by atoms with Crippen LogP contribution in [0.2, 0.25) is 0 Å². The summed E-state index contributed by atoms with van der Waals surface area (Å²) in [7, 11) is 0. The smallest absolute Gasteiger partial charge is 0.119 e. The first-order valence-electron chi connectivity index (χ1n) is 10.3. The molecule has 0 heterocycles. The Balaban J connectivity index is 1.84. The van der Waals surface area contributed by atoms with Gasteiger partial charge in [0.2, 0.25) is 0 Å². The molecule has 0 amide bonds. The van der Waals surface area contributed by atoms with Crippen LogP contribution in [0.4, 0.5) is 0 Å². The second-order valence-electron chi connectivity index (χ2n) is 7.11. The lowest BCUT2D eigenvalue weighted by Gasteiger charge is -2.12. The third kappa shape index (κ3) is 7.76. The fourth-order valence-electron chi connectivity index (χ4n) is 3.27. The largest absolute Gasteiger partial charge is 0.494 e. The summed E-state index contributed by atoms with van der Waals surface area (Å²) >= 11 is 12.1. The predicted molar refractivity (Wildman–Crippen MR) is 119 cm³/mol. The molecule has 0 saturated carbocycles. The summed E-state index contributed by atoms with van der Waals surface area (Å²) in [6, 6.07) is 14.5. The first kappa shape index (κ1) is 22.1. The van der Waals surface area contributed by atoms with Gasteiger partial charge in [-0.1, -0.05) is 76.1 Å². The third-order valence-electron chi connectivity index (χ3n) is 4.88. The highest BCUT2D eigenvalue weighted by atomic mass is 35.5. The summed E-state index contributed by atoms with van der Waals surface area (Å²) in [6.45, 7) is 3.04. The molecule has 148 valence electrons. The molecule has 0 aliphatic carbocycles. The van der Waals surface area contributed by atoms with Crippen molar-refractivity contribution in [3.63, 3.8) is 0 Å². The second kappa shape index (κ2) is 13.1. The summed E-state index contributed by atoms with van der Waals surface area (Å²) in [5, 5.41) is 0. The van der Waals surface area contributed by atoms with Gasteiger partial charge in [-0.15, -0.1) is 23.2 Å². The number of benzene rings is 2. The maximum Gasteiger partial charge on any atom is 0.119 e. The van der Waals surface area contributed by atoms with Gasteiger partial charge in [0.1, 0.15) is 5.75 Å². The van der Waals surface area contributed by atoms with E-state index < -0.39 is 0 Å². The van der Waals surface area contributed by atoms with Gasteiger partial charge >= 0.3 is 0 Å². The highest BCUT2D eigenvalue weighted by Crippen LogP contribution is 2.29. The van der Waals surface area contributed by atoms with Crippen molar-refractivity contribution in [2.45, 2.75) is 70.1 Å². The van der Waals surface area contributed by atoms with Gasteiger partial charge in [0.05, 0.1) is 6.61 Å². The number of hydrogen-bond acceptors (Lipinski definition) is 1. The molecule has 2 rings (SSSR count). The number of halogens is 2. The van der Waals surface area contributed by atoms with Crippen LogP contribution in [0.1, 0.15) is 69.4 Å². The average molecular weight is 407 g/mol. The van der Waals surface area contributed by atoms with Gasteiger partial charge in [0, 0.05) is 11.8 Å². The van der Waals surface area contributed by atoms with Crippen LogP contribution in [0.3, 0.4) is 0 Å². The zero-order chi connectivity index (χ0) is 19.3. The lowest BCUT2D eigenvalue weighted by atomic mass is 9.98. The SMILES string of the molecule is CCCCCCCCCCOc1cccc(-c2cc(CCl)ccc2CCl)c1. The molecule has 0 aliphatic heterocycles. The molecule has 0 aliphatic rings. The molecule has 0 unspecified atom stereocenters. The molecule has 0 radical (unpaired) electrons. The van der Waals surface area contributed by atoms with E-state index in [-0.39, 0.29) is 0 Å². The average Bonchev–Trinajstić information content (AvgIpc) is 2.72. The van der Waals surface area contributed by atoms with E-state index in [1.54, 1.807) is 0 Å². The van der Waals surface area contributed by atoms with Crippen molar-refractivity contribution < 1.29 is 4.74 Å². The van der Waals surface area contributed by atoms with Crippen LogP contribution < -0.4 is 4.74 Å². The molecule has 3 heteroatoms. The summed E-state index contributed by atoms with van der Waals surface area (Å²) in [4.78, 5) is 0. The van der Waals surface area contributed by atoms with E-state index in [2.05, 4.69) is 31.2 Å². The van der Waals surface area contributed by atoms with Crippen LogP contribution in [-0.4, -0.2) is 6.61 Å². The van der Waals surface area contributed by atoms with E-state index in [1.807, 2.05) is 18.2 Å². The van der Waals surface area contributed by atoms with E-state index >= 15 is 0 Å². The molecule has 27 heavy (non-hydrogen) atoms. The second-order valence-corrected chi connectivity index (χ2v) is 7.64. The molecule has 1 nitrogen and oxygen atoms in total. The van der Waals surface area contributed by atoms with Gasteiger partial charge < -0.3 is 4.74 Å². The molecule has 0 N–H and O–H groups in total. The molecule has 0 saturated heterocycles. The Labute approximate surface area is 175 Å². The summed E-state index contributed by atoms with van der Waals surface area (Å²) < 4.78 is 5.98. The molecule has 2 aromatic carbocycles. The van der Waals surface area contributed by atoms with E-state index in [0.29, 0.717) is 11.8 Å². The number of rotatable bonds is 13. The first-order valence-corrected chi connectivity index (χ1v) is 11.3. The van der Waals surface area contributed by atoms with E-state index in [9.17, 15) is 0 Å². The lowest BCUT2D eigenvalue weighted by Crippen LogP contribution is -1.98. The highest BCUT2D eigenvalue weighted by Gasteiger charge is 2.07. The van der Waals surface area contributed by atoms with Crippen molar-refractivity contribution in [1.82, 2.24) is 0 Å². The quantitative estimate of drug-likeness (QED) is 0.239. The fraction of sp³-hybridized carbons (Fsp3) is 0.500. The van der Waals surface area contributed by atoms with E-state index in [4.69, 9.17) is 27.9 Å². The number of ether oxygens (including phenoxy) is 1. The normalized spacial score (nSPS) is 10.9. The molecule has 0 bridgehead atoms. The molecule has 2 aromatic rings. The molecule has 0 aromatic heterocycles. The Hall–Kier alpha value is -1.18. The Bertz CT molecular complexity index is 669. The van der Waals surface area contributed by atoms with Crippen LogP contribution in [0.5, 0.6) is 5.75 Å². The predicted octanol–water partition coefficient (Wildman–Crippen LogP) is 8.35. The number of hydrogen-bond donors (Lipinski definition) is 0. The summed E-state index contributed by atoms with van der Waals surface area (Å²) in [5.74, 6) is 1.91. The van der Waals surface area contributed by atoms with Crippen LogP contribution in [0.15, 0.2) is 42.5 Å². The Kier molecular flexibility index (Phi) is 10.7. The van der Waals surface area contributed by atoms with Gasteiger partial charge in [-0.2, -0.15) is 0 Å². The van der Waals surface area contributed by atoms with Gasteiger partial charge in [0.15, 0.2) is 0 Å². The minimum absolute atomic E-state index is 0.487. The first-order chi connectivity index (χ1) is 13.3. The lowest BCUT2D eigenvalue weighted by molar-refractivity contribution is 0.304. The van der Waals surface area contributed by atoms with Crippen molar-refractivity contribution in [1.29, 1.82) is 0 Å². The highest BCUT2D eigenvalue weighted by molar-refractivity contribution is 6.18. The van der Waals surface area contributed by atoms with Crippen molar-refractivity contribution in [2.75, 3.05) is 6.61 Å². The molecule has 0 fully saturated rings. The van der Waals surface area contributed by atoms with Crippen molar-refractivity contribution >= 4 is 23.2 Å². The van der Waals surface area contributed by atoms with E-state index in [1.165, 1.54) is 44.9 Å². The zero-order valence-electron chi connectivity index (χ0n) is 16.5. The van der Waals surface area contributed by atoms with Crippen molar-refractivity contribution in [3.8, 4) is 16.9 Å². The molecule has 0 spiro atoms. The number of unbranched alkanes of at least 4 members (excludes halogenated alkanes) is 7. The minimum atomic E-state index is 0.487. The Morgan fingerprint density at radius 1 is 0.778 bits per heavy atom. The maximum atomic E-state index is 6.13. The summed E-state index contributed by atoms with van der Waals surface area (Å²) in [5.41, 5.74) is 4.49. The molecular weight excluding hydrogens is 375 g/mol. The van der Waals surface area contributed by atoms with Gasteiger partial charge in [-0.3, -0.25) is 0 Å². The van der Waals surface area contributed by atoms with Crippen LogP contribution in [-0.2, 0) is 11.8 Å². The molecular formula is C24H32Cl2O. The van der Waals surface area contributed by atoms with Crippen molar-refractivity contribution in [3.05, 3.63) is 53.6 Å².